The lowest BCUT2D eigenvalue weighted by molar-refractivity contribution is -0.146. The first-order valence-electron chi connectivity index (χ1n) is 5.02. The van der Waals surface area contributed by atoms with Gasteiger partial charge in [-0.2, -0.15) is 0 Å². The maximum Gasteiger partial charge on any atom is 0.302 e. The van der Waals surface area contributed by atoms with E-state index in [4.69, 9.17) is 19.3 Å². The van der Waals surface area contributed by atoms with Gasteiger partial charge in [0.05, 0.1) is 19.3 Å². The highest BCUT2D eigenvalue weighted by atomic mass is 16.6. The van der Waals surface area contributed by atoms with Crippen LogP contribution in [-0.2, 0) is 19.0 Å². The van der Waals surface area contributed by atoms with Crippen molar-refractivity contribution in [3.63, 3.8) is 0 Å². The van der Waals surface area contributed by atoms with Crippen LogP contribution in [0.3, 0.4) is 0 Å². The number of esters is 1. The van der Waals surface area contributed by atoms with Gasteiger partial charge in [0.25, 0.3) is 0 Å². The van der Waals surface area contributed by atoms with Crippen molar-refractivity contribution < 1.29 is 24.1 Å². The van der Waals surface area contributed by atoms with Crippen LogP contribution < -0.4 is 0 Å². The van der Waals surface area contributed by atoms with E-state index in [2.05, 4.69) is 0 Å². The molecule has 0 saturated carbocycles. The van der Waals surface area contributed by atoms with Crippen LogP contribution in [0.5, 0.6) is 0 Å². The summed E-state index contributed by atoms with van der Waals surface area (Å²) < 4.78 is 15.2. The molecule has 5 heteroatoms. The molecule has 0 radical (unpaired) electrons. The highest BCUT2D eigenvalue weighted by Gasteiger charge is 2.12. The predicted molar refractivity (Wildman–Crippen MR) is 54.5 cm³/mol. The van der Waals surface area contributed by atoms with Gasteiger partial charge in [0.2, 0.25) is 0 Å². The molecule has 0 aromatic rings. The van der Waals surface area contributed by atoms with Crippen molar-refractivity contribution in [2.24, 2.45) is 0 Å². The van der Waals surface area contributed by atoms with Gasteiger partial charge in [-0.3, -0.25) is 4.79 Å². The number of carbonyl (C=O) groups is 1. The van der Waals surface area contributed by atoms with Crippen LogP contribution >= 0.6 is 0 Å². The summed E-state index contributed by atoms with van der Waals surface area (Å²) >= 11 is 0. The van der Waals surface area contributed by atoms with Crippen molar-refractivity contribution in [3.8, 4) is 0 Å². The molecule has 1 N–H and O–H groups in total. The maximum absolute atomic E-state index is 10.6. The Morgan fingerprint density at radius 1 is 1.33 bits per heavy atom. The second kappa shape index (κ2) is 8.64. The van der Waals surface area contributed by atoms with E-state index in [1.165, 1.54) is 14.0 Å². The Labute approximate surface area is 90.3 Å². The number of aliphatic hydroxyl groups is 1. The molecule has 0 amide bonds. The highest BCUT2D eigenvalue weighted by molar-refractivity contribution is 5.65. The Hall–Kier alpha value is -0.650. The summed E-state index contributed by atoms with van der Waals surface area (Å²) in [5.41, 5.74) is 0. The van der Waals surface area contributed by atoms with Gasteiger partial charge in [-0.15, -0.1) is 0 Å². The Balaban J connectivity index is 3.73. The number of hydrogen-bond donors (Lipinski definition) is 1. The zero-order valence-electron chi connectivity index (χ0n) is 9.56. The molecule has 0 rings (SSSR count). The standard InChI is InChI=1S/C10H20O5/c1-4-9(6-14-8(2)12)15-7-10(5-11)13-3/h9-11H,4-7H2,1-3H3. The number of aliphatic hydroxyl groups excluding tert-OH is 1. The molecule has 0 saturated heterocycles. The molecule has 5 nitrogen and oxygen atoms in total. The minimum Gasteiger partial charge on any atom is -0.463 e. The average Bonchev–Trinajstić information content (AvgIpc) is 2.23. The number of methoxy groups -OCH3 is 1. The third kappa shape index (κ3) is 7.30. The van der Waals surface area contributed by atoms with Gasteiger partial charge < -0.3 is 19.3 Å². The van der Waals surface area contributed by atoms with E-state index < -0.39 is 0 Å². The fraction of sp³-hybridized carbons (Fsp3) is 0.900. The zero-order chi connectivity index (χ0) is 11.7. The van der Waals surface area contributed by atoms with Crippen LogP contribution in [0, 0.1) is 0 Å². The average molecular weight is 220 g/mol. The van der Waals surface area contributed by atoms with Crippen molar-refractivity contribution in [1.82, 2.24) is 0 Å². The summed E-state index contributed by atoms with van der Waals surface area (Å²) in [6.45, 7) is 3.76. The molecule has 0 heterocycles. The summed E-state index contributed by atoms with van der Waals surface area (Å²) in [5.74, 6) is -0.317. The first kappa shape index (κ1) is 14.3. The van der Waals surface area contributed by atoms with Gasteiger partial charge in [0, 0.05) is 14.0 Å². The van der Waals surface area contributed by atoms with Gasteiger partial charge in [-0.05, 0) is 6.42 Å². The normalized spacial score (nSPS) is 14.7. The summed E-state index contributed by atoms with van der Waals surface area (Å²) in [7, 11) is 1.51. The van der Waals surface area contributed by atoms with Crippen LogP contribution in [0.1, 0.15) is 20.3 Å². The van der Waals surface area contributed by atoms with Crippen molar-refractivity contribution >= 4 is 5.97 Å². The fourth-order valence-electron chi connectivity index (χ4n) is 0.933. The van der Waals surface area contributed by atoms with E-state index in [1.807, 2.05) is 6.92 Å². The Bertz CT molecular complexity index is 167. The summed E-state index contributed by atoms with van der Waals surface area (Å²) in [6, 6.07) is 0. The van der Waals surface area contributed by atoms with E-state index in [1.54, 1.807) is 0 Å². The fourth-order valence-corrected chi connectivity index (χ4v) is 0.933. The highest BCUT2D eigenvalue weighted by Crippen LogP contribution is 2.01. The number of hydrogen-bond acceptors (Lipinski definition) is 5. The lowest BCUT2D eigenvalue weighted by Crippen LogP contribution is -2.28. The third-order valence-electron chi connectivity index (χ3n) is 1.98. The number of ether oxygens (including phenoxy) is 3. The van der Waals surface area contributed by atoms with E-state index in [0.29, 0.717) is 6.61 Å². The smallest absolute Gasteiger partial charge is 0.302 e. The largest absolute Gasteiger partial charge is 0.463 e. The molecular formula is C10H20O5. The molecule has 0 aromatic carbocycles. The van der Waals surface area contributed by atoms with Crippen LogP contribution in [0.25, 0.3) is 0 Å². The number of rotatable bonds is 8. The molecule has 0 aliphatic rings. The van der Waals surface area contributed by atoms with Crippen LogP contribution in [0.2, 0.25) is 0 Å². The van der Waals surface area contributed by atoms with Crippen molar-refractivity contribution in [2.45, 2.75) is 32.5 Å². The van der Waals surface area contributed by atoms with Gasteiger partial charge in [0.15, 0.2) is 0 Å². The Kier molecular flexibility index (Phi) is 8.27. The first-order valence-corrected chi connectivity index (χ1v) is 5.02. The van der Waals surface area contributed by atoms with E-state index in [0.717, 1.165) is 6.42 Å². The Morgan fingerprint density at radius 3 is 2.40 bits per heavy atom. The molecular weight excluding hydrogens is 200 g/mol. The summed E-state index contributed by atoms with van der Waals surface area (Å²) in [4.78, 5) is 10.6. The molecule has 0 fully saturated rings. The monoisotopic (exact) mass is 220 g/mol. The molecule has 90 valence electrons. The molecule has 2 unspecified atom stereocenters. The summed E-state index contributed by atoms with van der Waals surface area (Å²) in [6.07, 6.45) is 0.282. The topological polar surface area (TPSA) is 65.0 Å². The molecule has 0 bridgehead atoms. The lowest BCUT2D eigenvalue weighted by Gasteiger charge is -2.19. The summed E-state index contributed by atoms with van der Waals surface area (Å²) in [5, 5.41) is 8.84. The third-order valence-corrected chi connectivity index (χ3v) is 1.98. The van der Waals surface area contributed by atoms with Gasteiger partial charge in [0.1, 0.15) is 12.7 Å². The van der Waals surface area contributed by atoms with Crippen molar-refractivity contribution in [1.29, 1.82) is 0 Å². The molecule has 0 aromatic heterocycles. The quantitative estimate of drug-likeness (QED) is 0.598. The zero-order valence-corrected chi connectivity index (χ0v) is 9.56. The van der Waals surface area contributed by atoms with Gasteiger partial charge in [-0.25, -0.2) is 0 Å². The van der Waals surface area contributed by atoms with Gasteiger partial charge >= 0.3 is 5.97 Å². The van der Waals surface area contributed by atoms with E-state index >= 15 is 0 Å². The first-order chi connectivity index (χ1) is 7.13. The minimum atomic E-state index is -0.323. The van der Waals surface area contributed by atoms with Crippen LogP contribution in [0.15, 0.2) is 0 Å². The van der Waals surface area contributed by atoms with Crippen LogP contribution in [0.4, 0.5) is 0 Å². The van der Waals surface area contributed by atoms with Crippen molar-refractivity contribution in [3.05, 3.63) is 0 Å². The predicted octanol–water partition coefficient (Wildman–Crippen LogP) is 0.352. The second-order valence-corrected chi connectivity index (χ2v) is 3.21. The van der Waals surface area contributed by atoms with Crippen LogP contribution in [-0.4, -0.2) is 50.2 Å². The van der Waals surface area contributed by atoms with Crippen molar-refractivity contribution in [2.75, 3.05) is 26.9 Å². The Morgan fingerprint density at radius 2 is 2.00 bits per heavy atom. The minimum absolute atomic E-state index is 0.0828. The molecule has 0 spiro atoms. The molecule has 15 heavy (non-hydrogen) atoms. The van der Waals surface area contributed by atoms with Gasteiger partial charge in [-0.1, -0.05) is 6.92 Å². The lowest BCUT2D eigenvalue weighted by atomic mass is 10.3. The second-order valence-electron chi connectivity index (χ2n) is 3.21. The number of carbonyl (C=O) groups excluding carboxylic acids is 1. The van der Waals surface area contributed by atoms with E-state index in [-0.39, 0.29) is 31.4 Å². The SMILES string of the molecule is CCC(COC(C)=O)OCC(CO)OC. The molecule has 2 atom stereocenters. The molecule has 0 aliphatic carbocycles. The maximum atomic E-state index is 10.6. The van der Waals surface area contributed by atoms with E-state index in [9.17, 15) is 4.79 Å². The molecule has 0 aliphatic heterocycles.